The summed E-state index contributed by atoms with van der Waals surface area (Å²) in [7, 11) is -3.96. The van der Waals surface area contributed by atoms with Crippen molar-refractivity contribution in [2.45, 2.75) is 51.6 Å². The predicted molar refractivity (Wildman–Crippen MR) is 282 cm³/mol. The van der Waals surface area contributed by atoms with Crippen LogP contribution in [0.15, 0.2) is 133 Å². The van der Waals surface area contributed by atoms with Crippen LogP contribution in [0.1, 0.15) is 51.9 Å². The highest BCUT2D eigenvalue weighted by Gasteiger charge is 2.51. The van der Waals surface area contributed by atoms with Crippen molar-refractivity contribution in [1.82, 2.24) is 0 Å². The SMILES string of the molecule is COC(=O)c1cc(O)c(OCCOCCOCCOCCO[Si](c2ccccc2)(c2ccccc2)C(C)(C)C)c(OCCOCCOCCOCCO[Si](c2ccccc2)(c2ccccc2)C(C)(C)C)c1. The highest BCUT2D eigenvalue weighted by molar-refractivity contribution is 7.00. The zero-order chi connectivity index (χ0) is 50.8. The van der Waals surface area contributed by atoms with Crippen molar-refractivity contribution in [3.63, 3.8) is 0 Å². The van der Waals surface area contributed by atoms with Crippen molar-refractivity contribution >= 4 is 43.4 Å². The van der Waals surface area contributed by atoms with Crippen LogP contribution in [0.4, 0.5) is 0 Å². The first-order valence-corrected chi connectivity index (χ1v) is 28.3. The van der Waals surface area contributed by atoms with E-state index in [4.69, 9.17) is 51.5 Å². The number of esters is 1. The molecule has 5 aromatic carbocycles. The monoisotopic (exact) mass is 1010 g/mol. The quantitative estimate of drug-likeness (QED) is 0.0258. The van der Waals surface area contributed by atoms with E-state index in [1.54, 1.807) is 0 Å². The van der Waals surface area contributed by atoms with Crippen molar-refractivity contribution in [2.24, 2.45) is 0 Å². The molecule has 0 spiro atoms. The smallest absolute Gasteiger partial charge is 0.338 e. The van der Waals surface area contributed by atoms with Gasteiger partial charge in [-0.25, -0.2) is 4.79 Å². The van der Waals surface area contributed by atoms with E-state index in [1.165, 1.54) is 40.0 Å². The molecule has 0 aromatic heterocycles. The molecular weight excluding hydrogens is 937 g/mol. The van der Waals surface area contributed by atoms with Crippen molar-refractivity contribution in [3.8, 4) is 17.2 Å². The fraction of sp³-hybridized carbons (Fsp3) is 0.446. The first-order valence-electron chi connectivity index (χ1n) is 24.5. The number of methoxy groups -OCH3 is 1. The van der Waals surface area contributed by atoms with E-state index in [-0.39, 0.29) is 59.3 Å². The molecule has 0 saturated carbocycles. The summed E-state index contributed by atoms with van der Waals surface area (Å²) < 4.78 is 65.0. The minimum atomic E-state index is -2.61. The molecule has 0 radical (unpaired) electrons. The summed E-state index contributed by atoms with van der Waals surface area (Å²) in [5, 5.41) is 15.5. The molecule has 0 bridgehead atoms. The summed E-state index contributed by atoms with van der Waals surface area (Å²) in [6.45, 7) is 19.1. The Morgan fingerprint density at radius 2 is 0.718 bits per heavy atom. The molecule has 15 heteroatoms. The molecule has 13 nitrogen and oxygen atoms in total. The van der Waals surface area contributed by atoms with Gasteiger partial charge in [0.15, 0.2) is 11.5 Å². The first kappa shape index (κ1) is 57.0. The molecule has 0 atom stereocenters. The van der Waals surface area contributed by atoms with Crippen LogP contribution < -0.4 is 30.2 Å². The van der Waals surface area contributed by atoms with Gasteiger partial charge in [0.2, 0.25) is 5.75 Å². The van der Waals surface area contributed by atoms with Crippen LogP contribution in [-0.2, 0) is 42.0 Å². The summed E-state index contributed by atoms with van der Waals surface area (Å²) in [6, 6.07) is 44.9. The molecule has 0 unspecified atom stereocenters. The Bertz CT molecular complexity index is 2160. The molecule has 1 N–H and O–H groups in total. The third-order valence-corrected chi connectivity index (χ3v) is 21.9. The zero-order valence-electron chi connectivity index (χ0n) is 42.9. The molecular formula is C56H76O13Si2. The number of hydrogen-bond donors (Lipinski definition) is 1. The summed E-state index contributed by atoms with van der Waals surface area (Å²) in [5.41, 5.74) is 0.114. The van der Waals surface area contributed by atoms with Crippen LogP contribution >= 0.6 is 0 Å². The van der Waals surface area contributed by atoms with Crippen LogP contribution in [0, 0.1) is 0 Å². The maximum atomic E-state index is 12.3. The Hall–Kier alpha value is -4.92. The van der Waals surface area contributed by atoms with Gasteiger partial charge in [0.1, 0.15) is 13.2 Å². The van der Waals surface area contributed by atoms with Gasteiger partial charge >= 0.3 is 5.97 Å². The molecule has 5 rings (SSSR count). The van der Waals surface area contributed by atoms with E-state index in [2.05, 4.69) is 139 Å². The maximum Gasteiger partial charge on any atom is 0.338 e. The summed E-state index contributed by atoms with van der Waals surface area (Å²) in [4.78, 5) is 12.3. The Balaban J connectivity index is 0.932. The van der Waals surface area contributed by atoms with Crippen molar-refractivity contribution in [1.29, 1.82) is 0 Å². The lowest BCUT2D eigenvalue weighted by atomic mass is 10.2. The third-order valence-electron chi connectivity index (χ3n) is 11.8. The van der Waals surface area contributed by atoms with E-state index in [0.717, 1.165) is 0 Å². The van der Waals surface area contributed by atoms with E-state index < -0.39 is 22.6 Å². The predicted octanol–water partition coefficient (Wildman–Crippen LogP) is 7.19. The van der Waals surface area contributed by atoms with Gasteiger partial charge in [0.05, 0.1) is 105 Å². The molecule has 0 saturated heterocycles. The lowest BCUT2D eigenvalue weighted by Gasteiger charge is -2.43. The number of phenolic OH excluding ortho intramolecular Hbond substituents is 1. The van der Waals surface area contributed by atoms with Crippen LogP contribution in [0.5, 0.6) is 17.2 Å². The fourth-order valence-electron chi connectivity index (χ4n) is 8.60. The second kappa shape index (κ2) is 29.6. The van der Waals surface area contributed by atoms with Gasteiger partial charge < -0.3 is 56.6 Å². The normalized spacial score (nSPS) is 12.2. The van der Waals surface area contributed by atoms with Crippen LogP contribution in [0.2, 0.25) is 10.1 Å². The lowest BCUT2D eigenvalue weighted by Crippen LogP contribution is -2.66. The molecule has 0 aliphatic rings. The molecule has 386 valence electrons. The molecule has 5 aromatic rings. The highest BCUT2D eigenvalue weighted by Crippen LogP contribution is 2.39. The second-order valence-electron chi connectivity index (χ2n) is 18.7. The maximum absolute atomic E-state index is 12.3. The molecule has 0 aliphatic carbocycles. The van der Waals surface area contributed by atoms with Gasteiger partial charge in [-0.05, 0) is 43.0 Å². The Morgan fingerprint density at radius 3 is 1.03 bits per heavy atom. The molecule has 0 aliphatic heterocycles. The van der Waals surface area contributed by atoms with Crippen molar-refractivity contribution < 1.29 is 61.4 Å². The summed E-state index contributed by atoms with van der Waals surface area (Å²) in [5.74, 6) is -0.650. The van der Waals surface area contributed by atoms with Crippen molar-refractivity contribution in [2.75, 3.05) is 113 Å². The number of hydrogen-bond acceptors (Lipinski definition) is 13. The number of carbonyl (C=O) groups is 1. The summed E-state index contributed by atoms with van der Waals surface area (Å²) >= 11 is 0. The Morgan fingerprint density at radius 1 is 0.423 bits per heavy atom. The van der Waals surface area contributed by atoms with E-state index in [0.29, 0.717) is 79.3 Å². The van der Waals surface area contributed by atoms with Gasteiger partial charge in [0.25, 0.3) is 16.6 Å². The number of carbonyl (C=O) groups excluding carboxylic acids is 1. The number of benzene rings is 5. The molecule has 0 heterocycles. The standard InChI is InChI=1S/C56H76O13Si2/c1-55(2,3)70(47-20-12-8-13-21-47,48-22-14-9-15-23-48)68-42-38-64-34-30-60-28-32-62-36-40-66-52-45-46(54(58)59-7)44-51(57)53(52)67-41-37-63-33-29-61-31-35-65-39-43-69-71(56(4,5)6,49-24-16-10-17-25-49)50-26-18-11-19-27-50/h8-27,44-45,57H,28-43H2,1-7H3. The average Bonchev–Trinajstić information content (AvgIpc) is 3.37. The van der Waals surface area contributed by atoms with Gasteiger partial charge in [0, 0.05) is 0 Å². The average molecular weight is 1010 g/mol. The van der Waals surface area contributed by atoms with Crippen LogP contribution in [-0.4, -0.2) is 141 Å². The van der Waals surface area contributed by atoms with E-state index in [1.807, 2.05) is 24.3 Å². The van der Waals surface area contributed by atoms with Gasteiger partial charge in [-0.2, -0.15) is 0 Å². The Kier molecular flexibility index (Phi) is 23.7. The number of aromatic hydroxyl groups is 1. The molecule has 71 heavy (non-hydrogen) atoms. The second-order valence-corrected chi connectivity index (χ2v) is 27.3. The highest BCUT2D eigenvalue weighted by atomic mass is 28.4. The van der Waals surface area contributed by atoms with Gasteiger partial charge in [-0.1, -0.05) is 163 Å². The van der Waals surface area contributed by atoms with Crippen LogP contribution in [0.3, 0.4) is 0 Å². The van der Waals surface area contributed by atoms with Gasteiger partial charge in [-0.3, -0.25) is 0 Å². The number of rotatable bonds is 33. The lowest BCUT2D eigenvalue weighted by molar-refractivity contribution is 0.00314. The topological polar surface area (TPSA) is 139 Å². The molecule has 0 amide bonds. The minimum absolute atomic E-state index is 0.0777. The fourth-order valence-corrected chi connectivity index (χ4v) is 17.7. The van der Waals surface area contributed by atoms with Crippen molar-refractivity contribution in [3.05, 3.63) is 139 Å². The van der Waals surface area contributed by atoms with E-state index in [9.17, 15) is 9.90 Å². The van der Waals surface area contributed by atoms with Crippen LogP contribution in [0.25, 0.3) is 0 Å². The third kappa shape index (κ3) is 16.6. The number of ether oxygens (including phenoxy) is 9. The first-order chi connectivity index (χ1) is 34.3. The largest absolute Gasteiger partial charge is 0.504 e. The zero-order valence-corrected chi connectivity index (χ0v) is 44.9. The molecule has 0 fully saturated rings. The van der Waals surface area contributed by atoms with Gasteiger partial charge in [-0.15, -0.1) is 0 Å². The summed E-state index contributed by atoms with van der Waals surface area (Å²) in [6.07, 6.45) is 0. The Labute approximate surface area is 423 Å². The minimum Gasteiger partial charge on any atom is -0.504 e. The van der Waals surface area contributed by atoms with E-state index >= 15 is 0 Å². The number of phenols is 1.